The normalized spacial score (nSPS) is 16.5. The number of likely N-dealkylation sites (tertiary alicyclic amines) is 1. The number of rotatable bonds is 6. The third-order valence-corrected chi connectivity index (χ3v) is 4.20. The van der Waals surface area contributed by atoms with E-state index in [0.717, 1.165) is 19.6 Å². The zero-order chi connectivity index (χ0) is 15.1. The summed E-state index contributed by atoms with van der Waals surface area (Å²) in [7, 11) is 0. The van der Waals surface area contributed by atoms with Crippen molar-refractivity contribution in [3.8, 4) is 5.75 Å². The van der Waals surface area contributed by atoms with Crippen molar-refractivity contribution in [2.24, 2.45) is 0 Å². The number of benzene rings is 1. The summed E-state index contributed by atoms with van der Waals surface area (Å²) in [6, 6.07) is 5.31. The summed E-state index contributed by atoms with van der Waals surface area (Å²) in [5, 5.41) is 0.512. The minimum absolute atomic E-state index is 0.157. The number of nitrogens with zero attached hydrogens (tertiary/aromatic N) is 1. The second-order valence-corrected chi connectivity index (χ2v) is 5.91. The minimum Gasteiger partial charge on any atom is -0.492 e. The summed E-state index contributed by atoms with van der Waals surface area (Å²) in [6.07, 6.45) is 5.70. The van der Waals surface area contributed by atoms with E-state index in [-0.39, 0.29) is 5.78 Å². The number of carbonyl (C=O) groups excluding carboxylic acids is 1. The van der Waals surface area contributed by atoms with Crippen molar-refractivity contribution in [3.05, 3.63) is 28.8 Å². The summed E-state index contributed by atoms with van der Waals surface area (Å²) < 4.78 is 5.39. The summed E-state index contributed by atoms with van der Waals surface area (Å²) in [6.45, 7) is 5.58. The highest BCUT2D eigenvalue weighted by Crippen LogP contribution is 2.26. The van der Waals surface area contributed by atoms with Crippen LogP contribution in [0.15, 0.2) is 18.2 Å². The summed E-state index contributed by atoms with van der Waals surface area (Å²) in [5.41, 5.74) is 0.679. The molecule has 0 N–H and O–H groups in total. The van der Waals surface area contributed by atoms with Gasteiger partial charge >= 0.3 is 0 Å². The fourth-order valence-corrected chi connectivity index (χ4v) is 2.95. The molecule has 1 fully saturated rings. The van der Waals surface area contributed by atoms with Crippen LogP contribution in [0.1, 0.15) is 49.4 Å². The molecule has 0 spiro atoms. The van der Waals surface area contributed by atoms with Crippen LogP contribution in [0.3, 0.4) is 0 Å². The van der Waals surface area contributed by atoms with Crippen LogP contribution in [0.5, 0.6) is 5.75 Å². The van der Waals surface area contributed by atoms with E-state index < -0.39 is 0 Å². The maximum absolute atomic E-state index is 12.3. The number of hydrogen-bond donors (Lipinski definition) is 0. The molecule has 3 nitrogen and oxygen atoms in total. The zero-order valence-electron chi connectivity index (χ0n) is 12.7. The first-order chi connectivity index (χ1) is 10.2. The third-order valence-electron chi connectivity index (χ3n) is 3.91. The molecular formula is C17H24ClNO2. The molecule has 4 heteroatoms. The van der Waals surface area contributed by atoms with E-state index in [1.54, 1.807) is 12.1 Å². The molecule has 0 saturated carbocycles. The highest BCUT2D eigenvalue weighted by Gasteiger charge is 2.13. The Balaban J connectivity index is 1.89. The Bertz CT molecular complexity index is 468. The topological polar surface area (TPSA) is 29.5 Å². The molecule has 1 aromatic rings. The SMILES string of the molecule is CCOc1ccc(C(=O)CCN2CCCCCC2)cc1Cl. The lowest BCUT2D eigenvalue weighted by Gasteiger charge is -2.19. The van der Waals surface area contributed by atoms with Crippen molar-refractivity contribution in [1.29, 1.82) is 0 Å². The first kappa shape index (κ1) is 16.3. The van der Waals surface area contributed by atoms with Gasteiger partial charge in [-0.25, -0.2) is 0 Å². The zero-order valence-corrected chi connectivity index (χ0v) is 13.5. The van der Waals surface area contributed by atoms with Crippen LogP contribution in [0.4, 0.5) is 0 Å². The van der Waals surface area contributed by atoms with Gasteiger partial charge in [-0.05, 0) is 51.1 Å². The van der Waals surface area contributed by atoms with Gasteiger partial charge in [0.2, 0.25) is 0 Å². The second-order valence-electron chi connectivity index (χ2n) is 5.51. The van der Waals surface area contributed by atoms with E-state index in [2.05, 4.69) is 4.90 Å². The summed E-state index contributed by atoms with van der Waals surface area (Å²) in [4.78, 5) is 14.7. The lowest BCUT2D eigenvalue weighted by Crippen LogP contribution is -2.27. The third kappa shape index (κ3) is 5.01. The lowest BCUT2D eigenvalue weighted by molar-refractivity contribution is 0.0965. The van der Waals surface area contributed by atoms with Crippen molar-refractivity contribution < 1.29 is 9.53 Å². The maximum Gasteiger partial charge on any atom is 0.164 e. The Morgan fingerprint density at radius 1 is 1.24 bits per heavy atom. The van der Waals surface area contributed by atoms with Gasteiger partial charge in [-0.15, -0.1) is 0 Å². The van der Waals surface area contributed by atoms with Gasteiger partial charge in [0.15, 0.2) is 5.78 Å². The van der Waals surface area contributed by atoms with Gasteiger partial charge in [0, 0.05) is 18.5 Å². The van der Waals surface area contributed by atoms with E-state index in [4.69, 9.17) is 16.3 Å². The maximum atomic E-state index is 12.3. The molecular weight excluding hydrogens is 286 g/mol. The Kier molecular flexibility index (Phi) is 6.52. The Labute approximate surface area is 132 Å². The van der Waals surface area contributed by atoms with Crippen molar-refractivity contribution in [3.63, 3.8) is 0 Å². The Morgan fingerprint density at radius 2 is 1.95 bits per heavy atom. The fourth-order valence-electron chi connectivity index (χ4n) is 2.71. The fraction of sp³-hybridized carbons (Fsp3) is 0.588. The monoisotopic (exact) mass is 309 g/mol. The van der Waals surface area contributed by atoms with Crippen molar-refractivity contribution in [2.75, 3.05) is 26.2 Å². The number of carbonyl (C=O) groups is 1. The molecule has 21 heavy (non-hydrogen) atoms. The first-order valence-electron chi connectivity index (χ1n) is 7.88. The molecule has 0 radical (unpaired) electrons. The van der Waals surface area contributed by atoms with Crippen LogP contribution in [0, 0.1) is 0 Å². The van der Waals surface area contributed by atoms with E-state index >= 15 is 0 Å². The van der Waals surface area contributed by atoms with E-state index in [1.165, 1.54) is 25.7 Å². The molecule has 0 aromatic heterocycles. The van der Waals surface area contributed by atoms with Crippen LogP contribution in [0.2, 0.25) is 5.02 Å². The predicted molar refractivity (Wildman–Crippen MR) is 86.5 cm³/mol. The van der Waals surface area contributed by atoms with Gasteiger partial charge in [-0.2, -0.15) is 0 Å². The number of hydrogen-bond acceptors (Lipinski definition) is 3. The summed E-state index contributed by atoms with van der Waals surface area (Å²) >= 11 is 6.14. The van der Waals surface area contributed by atoms with Crippen LogP contribution in [-0.2, 0) is 0 Å². The van der Waals surface area contributed by atoms with E-state index in [0.29, 0.717) is 29.4 Å². The molecule has 0 unspecified atom stereocenters. The van der Waals surface area contributed by atoms with Gasteiger partial charge < -0.3 is 9.64 Å². The standard InChI is InChI=1S/C17H24ClNO2/c1-2-21-17-8-7-14(13-15(17)18)16(20)9-12-19-10-5-3-4-6-11-19/h7-8,13H,2-6,9-12H2,1H3. The molecule has 0 aliphatic carbocycles. The smallest absolute Gasteiger partial charge is 0.164 e. The lowest BCUT2D eigenvalue weighted by atomic mass is 10.1. The highest BCUT2D eigenvalue weighted by molar-refractivity contribution is 6.32. The van der Waals surface area contributed by atoms with Crippen LogP contribution >= 0.6 is 11.6 Å². The number of Topliss-reactive ketones (excluding diaryl/α,β-unsaturated/α-hetero) is 1. The Hall–Kier alpha value is -1.06. The molecule has 116 valence electrons. The molecule has 0 atom stereocenters. The van der Waals surface area contributed by atoms with Crippen LogP contribution in [0.25, 0.3) is 0 Å². The van der Waals surface area contributed by atoms with Gasteiger partial charge in [-0.3, -0.25) is 4.79 Å². The van der Waals surface area contributed by atoms with Crippen LogP contribution in [-0.4, -0.2) is 36.9 Å². The number of ether oxygens (including phenoxy) is 1. The van der Waals surface area contributed by atoms with Gasteiger partial charge in [0.25, 0.3) is 0 Å². The first-order valence-corrected chi connectivity index (χ1v) is 8.26. The quantitative estimate of drug-likeness (QED) is 0.738. The Morgan fingerprint density at radius 3 is 2.57 bits per heavy atom. The van der Waals surface area contributed by atoms with Gasteiger partial charge in [-0.1, -0.05) is 24.4 Å². The van der Waals surface area contributed by atoms with Gasteiger partial charge in [0.05, 0.1) is 11.6 Å². The second kappa shape index (κ2) is 8.40. The predicted octanol–water partition coefficient (Wildman–Crippen LogP) is 4.19. The van der Waals surface area contributed by atoms with Crippen molar-refractivity contribution in [1.82, 2.24) is 4.90 Å². The largest absolute Gasteiger partial charge is 0.492 e. The molecule has 1 aliphatic heterocycles. The molecule has 1 saturated heterocycles. The molecule has 0 amide bonds. The number of ketones is 1. The molecule has 2 rings (SSSR count). The molecule has 0 bridgehead atoms. The van der Waals surface area contributed by atoms with E-state index in [9.17, 15) is 4.79 Å². The molecule has 1 heterocycles. The van der Waals surface area contributed by atoms with Gasteiger partial charge in [0.1, 0.15) is 5.75 Å². The minimum atomic E-state index is 0.157. The average Bonchev–Trinajstić information content (AvgIpc) is 2.75. The number of halogens is 1. The van der Waals surface area contributed by atoms with Crippen molar-refractivity contribution in [2.45, 2.75) is 39.0 Å². The highest BCUT2D eigenvalue weighted by atomic mass is 35.5. The summed E-state index contributed by atoms with van der Waals surface area (Å²) in [5.74, 6) is 0.799. The average molecular weight is 310 g/mol. The molecule has 1 aliphatic rings. The van der Waals surface area contributed by atoms with E-state index in [1.807, 2.05) is 13.0 Å². The van der Waals surface area contributed by atoms with Crippen molar-refractivity contribution >= 4 is 17.4 Å². The molecule has 1 aromatic carbocycles. The van der Waals surface area contributed by atoms with Crippen LogP contribution < -0.4 is 4.74 Å².